The molecule has 1 aromatic heterocycles. The highest BCUT2D eigenvalue weighted by atomic mass is 16.5. The number of ether oxygens (including phenoxy) is 1. The molecule has 2 aromatic carbocycles. The van der Waals surface area contributed by atoms with Gasteiger partial charge in [0.15, 0.2) is 0 Å². The molecule has 1 amide bonds. The van der Waals surface area contributed by atoms with E-state index in [2.05, 4.69) is 4.98 Å². The summed E-state index contributed by atoms with van der Waals surface area (Å²) in [6, 6.07) is 21.5. The van der Waals surface area contributed by atoms with Gasteiger partial charge < -0.3 is 9.64 Å². The van der Waals surface area contributed by atoms with Gasteiger partial charge in [0.05, 0.1) is 7.11 Å². The van der Waals surface area contributed by atoms with Crippen molar-refractivity contribution >= 4 is 5.91 Å². The van der Waals surface area contributed by atoms with Gasteiger partial charge in [-0.25, -0.2) is 0 Å². The second-order valence-corrected chi connectivity index (χ2v) is 6.60. The lowest BCUT2D eigenvalue weighted by Gasteiger charge is -2.25. The highest BCUT2D eigenvalue weighted by molar-refractivity contribution is 5.94. The fraction of sp³-hybridized carbons (Fsp3) is 0.217. The predicted octanol–water partition coefficient (Wildman–Crippen LogP) is 4.46. The van der Waals surface area contributed by atoms with Gasteiger partial charge in [-0.05, 0) is 54.4 Å². The zero-order valence-corrected chi connectivity index (χ0v) is 15.9. The summed E-state index contributed by atoms with van der Waals surface area (Å²) in [5.41, 5.74) is 3.77. The lowest BCUT2D eigenvalue weighted by molar-refractivity contribution is 0.0743. The summed E-state index contributed by atoms with van der Waals surface area (Å²) in [4.78, 5) is 18.9. The number of hydrogen-bond acceptors (Lipinski definition) is 3. The summed E-state index contributed by atoms with van der Waals surface area (Å²) >= 11 is 0. The highest BCUT2D eigenvalue weighted by Crippen LogP contribution is 2.24. The zero-order valence-electron chi connectivity index (χ0n) is 15.9. The Kier molecular flexibility index (Phi) is 5.87. The average Bonchev–Trinajstić information content (AvgIpc) is 2.73. The number of rotatable bonds is 6. The van der Waals surface area contributed by atoms with Crippen LogP contribution in [0.5, 0.6) is 5.75 Å². The summed E-state index contributed by atoms with van der Waals surface area (Å²) < 4.78 is 5.28. The minimum absolute atomic E-state index is 0.00984. The van der Waals surface area contributed by atoms with Gasteiger partial charge in [-0.2, -0.15) is 0 Å². The van der Waals surface area contributed by atoms with Crippen LogP contribution in [-0.2, 0) is 6.42 Å². The SMILES string of the molecule is COc1cccc(-c2ccc(C(=O)N(C)[C@H](C)Cc3ccccn3)cc2)c1. The Morgan fingerprint density at radius 2 is 1.81 bits per heavy atom. The standard InChI is InChI=1S/C23H24N2O2/c1-17(15-21-8-4-5-14-24-21)25(2)23(26)19-12-10-18(11-13-19)20-7-6-9-22(16-20)27-3/h4-14,16-17H,15H2,1-3H3/t17-/m1/s1. The van der Waals surface area contributed by atoms with Gasteiger partial charge in [-0.3, -0.25) is 9.78 Å². The number of amides is 1. The number of likely N-dealkylation sites (N-methyl/N-ethyl adjacent to an activating group) is 1. The molecule has 0 aliphatic carbocycles. The van der Waals surface area contributed by atoms with Crippen LogP contribution in [-0.4, -0.2) is 36.0 Å². The van der Waals surface area contributed by atoms with Gasteiger partial charge >= 0.3 is 0 Å². The van der Waals surface area contributed by atoms with Crippen molar-refractivity contribution in [3.63, 3.8) is 0 Å². The first-order chi connectivity index (χ1) is 13.1. The molecule has 0 N–H and O–H groups in total. The maximum Gasteiger partial charge on any atom is 0.253 e. The third-order valence-corrected chi connectivity index (χ3v) is 4.75. The lowest BCUT2D eigenvalue weighted by atomic mass is 10.0. The molecular weight excluding hydrogens is 336 g/mol. The van der Waals surface area contributed by atoms with Gasteiger partial charge in [0.1, 0.15) is 5.75 Å². The molecule has 138 valence electrons. The molecule has 0 fully saturated rings. The summed E-state index contributed by atoms with van der Waals surface area (Å²) in [6.07, 6.45) is 2.51. The minimum Gasteiger partial charge on any atom is -0.497 e. The largest absolute Gasteiger partial charge is 0.497 e. The molecule has 0 unspecified atom stereocenters. The Morgan fingerprint density at radius 1 is 1.04 bits per heavy atom. The van der Waals surface area contributed by atoms with Crippen molar-refractivity contribution in [2.24, 2.45) is 0 Å². The number of aromatic nitrogens is 1. The summed E-state index contributed by atoms with van der Waals surface area (Å²) in [6.45, 7) is 2.04. The molecular formula is C23H24N2O2. The Morgan fingerprint density at radius 3 is 2.48 bits per heavy atom. The average molecular weight is 360 g/mol. The summed E-state index contributed by atoms with van der Waals surface area (Å²) in [7, 11) is 3.49. The molecule has 0 saturated carbocycles. The molecule has 0 bridgehead atoms. The zero-order chi connectivity index (χ0) is 19.2. The molecule has 1 heterocycles. The number of methoxy groups -OCH3 is 1. The maximum atomic E-state index is 12.8. The summed E-state index contributed by atoms with van der Waals surface area (Å²) in [5, 5.41) is 0. The molecule has 3 rings (SSSR count). The molecule has 4 heteroatoms. The van der Waals surface area contributed by atoms with E-state index in [0.29, 0.717) is 5.56 Å². The fourth-order valence-corrected chi connectivity index (χ4v) is 2.97. The van der Waals surface area contributed by atoms with Crippen LogP contribution in [0.3, 0.4) is 0 Å². The fourth-order valence-electron chi connectivity index (χ4n) is 2.97. The van der Waals surface area contributed by atoms with Crippen LogP contribution in [0.25, 0.3) is 11.1 Å². The number of carbonyl (C=O) groups is 1. The predicted molar refractivity (Wildman–Crippen MR) is 108 cm³/mol. The second-order valence-electron chi connectivity index (χ2n) is 6.60. The third-order valence-electron chi connectivity index (χ3n) is 4.75. The third kappa shape index (κ3) is 4.53. The Bertz CT molecular complexity index is 892. The normalized spacial score (nSPS) is 11.7. The van der Waals surface area contributed by atoms with Gasteiger partial charge in [-0.1, -0.05) is 30.3 Å². The number of hydrogen-bond donors (Lipinski definition) is 0. The van der Waals surface area contributed by atoms with Crippen LogP contribution in [0.1, 0.15) is 23.0 Å². The second kappa shape index (κ2) is 8.49. The van der Waals surface area contributed by atoms with Crippen molar-refractivity contribution in [3.8, 4) is 16.9 Å². The van der Waals surface area contributed by atoms with E-state index in [1.807, 2.05) is 80.7 Å². The van der Waals surface area contributed by atoms with E-state index in [1.165, 1.54) is 0 Å². The van der Waals surface area contributed by atoms with Crippen LogP contribution in [0, 0.1) is 0 Å². The highest BCUT2D eigenvalue weighted by Gasteiger charge is 2.18. The van der Waals surface area contributed by atoms with E-state index in [-0.39, 0.29) is 11.9 Å². The van der Waals surface area contributed by atoms with E-state index in [0.717, 1.165) is 29.0 Å². The quantitative estimate of drug-likeness (QED) is 0.652. The van der Waals surface area contributed by atoms with E-state index in [4.69, 9.17) is 4.74 Å². The number of benzene rings is 2. The lowest BCUT2D eigenvalue weighted by Crippen LogP contribution is -2.36. The van der Waals surface area contributed by atoms with Crippen LogP contribution < -0.4 is 4.74 Å². The van der Waals surface area contributed by atoms with Gasteiger partial charge in [-0.15, -0.1) is 0 Å². The summed E-state index contributed by atoms with van der Waals surface area (Å²) in [5.74, 6) is 0.825. The number of carbonyl (C=O) groups excluding carboxylic acids is 1. The van der Waals surface area contributed by atoms with E-state index >= 15 is 0 Å². The first kappa shape index (κ1) is 18.6. The molecule has 1 atom stereocenters. The van der Waals surface area contributed by atoms with Crippen LogP contribution in [0.2, 0.25) is 0 Å². The van der Waals surface area contributed by atoms with Crippen LogP contribution in [0.15, 0.2) is 72.9 Å². The van der Waals surface area contributed by atoms with Crippen LogP contribution >= 0.6 is 0 Å². The van der Waals surface area contributed by atoms with E-state index in [1.54, 1.807) is 18.2 Å². The van der Waals surface area contributed by atoms with Crippen molar-refractivity contribution in [2.75, 3.05) is 14.2 Å². The molecule has 0 radical (unpaired) electrons. The molecule has 0 aliphatic heterocycles. The molecule has 4 nitrogen and oxygen atoms in total. The van der Waals surface area contributed by atoms with Crippen LogP contribution in [0.4, 0.5) is 0 Å². The van der Waals surface area contributed by atoms with Crippen molar-refractivity contribution in [3.05, 3.63) is 84.2 Å². The Hall–Kier alpha value is -3.14. The van der Waals surface area contributed by atoms with E-state index < -0.39 is 0 Å². The van der Waals surface area contributed by atoms with Crippen molar-refractivity contribution in [1.29, 1.82) is 0 Å². The number of nitrogens with zero attached hydrogens (tertiary/aromatic N) is 2. The number of pyridine rings is 1. The van der Waals surface area contributed by atoms with Gasteiger partial charge in [0.25, 0.3) is 5.91 Å². The molecule has 0 spiro atoms. The molecule has 27 heavy (non-hydrogen) atoms. The molecule has 0 aliphatic rings. The molecule has 0 saturated heterocycles. The molecule has 3 aromatic rings. The first-order valence-corrected chi connectivity index (χ1v) is 9.00. The van der Waals surface area contributed by atoms with E-state index in [9.17, 15) is 4.79 Å². The van der Waals surface area contributed by atoms with Crippen molar-refractivity contribution in [2.45, 2.75) is 19.4 Å². The Labute approximate surface area is 160 Å². The Balaban J connectivity index is 1.71. The maximum absolute atomic E-state index is 12.8. The van der Waals surface area contributed by atoms with Crippen molar-refractivity contribution < 1.29 is 9.53 Å². The monoisotopic (exact) mass is 360 g/mol. The smallest absolute Gasteiger partial charge is 0.253 e. The van der Waals surface area contributed by atoms with Gasteiger partial charge in [0.2, 0.25) is 0 Å². The minimum atomic E-state index is 0.00984. The van der Waals surface area contributed by atoms with Crippen molar-refractivity contribution in [1.82, 2.24) is 9.88 Å². The first-order valence-electron chi connectivity index (χ1n) is 9.00. The van der Waals surface area contributed by atoms with Gasteiger partial charge in [0, 0.05) is 37.0 Å². The topological polar surface area (TPSA) is 42.4 Å².